The van der Waals surface area contributed by atoms with Gasteiger partial charge in [-0.25, -0.2) is 4.79 Å². The Bertz CT molecular complexity index is 1090. The lowest BCUT2D eigenvalue weighted by atomic mass is 10.1. The number of benzene rings is 2. The summed E-state index contributed by atoms with van der Waals surface area (Å²) in [6.07, 6.45) is 1.35. The highest BCUT2D eigenvalue weighted by molar-refractivity contribution is 7.87. The van der Waals surface area contributed by atoms with Crippen LogP contribution in [0.15, 0.2) is 52.0 Å². The molecule has 1 aliphatic rings. The number of hydrogen-bond donors (Lipinski definition) is 0. The molecule has 10 heteroatoms. The maximum atomic E-state index is 12.6. The van der Waals surface area contributed by atoms with Crippen LogP contribution in [0, 0.1) is 0 Å². The van der Waals surface area contributed by atoms with Gasteiger partial charge in [-0.2, -0.15) is 8.42 Å². The van der Waals surface area contributed by atoms with Crippen LogP contribution in [-0.2, 0) is 19.8 Å². The predicted octanol–water partition coefficient (Wildman–Crippen LogP) is 4.73. The van der Waals surface area contributed by atoms with E-state index in [1.807, 2.05) is 0 Å². The van der Waals surface area contributed by atoms with E-state index in [0.717, 1.165) is 0 Å². The van der Waals surface area contributed by atoms with Crippen LogP contribution in [0.1, 0.15) is 12.5 Å². The molecule has 0 bridgehead atoms. The molecule has 1 aliphatic heterocycles. The molecule has 1 heterocycles. The van der Waals surface area contributed by atoms with Crippen molar-refractivity contribution >= 4 is 62.7 Å². The second-order valence-electron chi connectivity index (χ2n) is 5.41. The predicted molar refractivity (Wildman–Crippen MR) is 103 cm³/mol. The Hall–Kier alpha value is -2.06. The largest absolute Gasteiger partial charge is 0.377 e. The van der Waals surface area contributed by atoms with Gasteiger partial charge in [0.05, 0.1) is 16.3 Å². The monoisotopic (exact) mass is 445 g/mol. The third-order valence-electron chi connectivity index (χ3n) is 3.51. The highest BCUT2D eigenvalue weighted by atomic mass is 35.5. The van der Waals surface area contributed by atoms with Crippen molar-refractivity contribution in [2.45, 2.75) is 11.8 Å². The van der Waals surface area contributed by atoms with Crippen LogP contribution in [-0.4, -0.2) is 20.1 Å². The Labute approximate surface area is 170 Å². The van der Waals surface area contributed by atoms with Gasteiger partial charge in [-0.1, -0.05) is 40.0 Å². The average molecular weight is 447 g/mol. The maximum absolute atomic E-state index is 12.6. The second kappa shape index (κ2) is 7.52. The Balaban J connectivity index is 2.08. The van der Waals surface area contributed by atoms with Gasteiger partial charge in [-0.3, -0.25) is 0 Å². The van der Waals surface area contributed by atoms with Crippen molar-refractivity contribution in [3.05, 3.63) is 62.6 Å². The van der Waals surface area contributed by atoms with Gasteiger partial charge < -0.3 is 9.02 Å². The van der Waals surface area contributed by atoms with Crippen molar-refractivity contribution in [2.75, 3.05) is 0 Å². The van der Waals surface area contributed by atoms with Crippen molar-refractivity contribution in [3.8, 4) is 5.75 Å². The molecular formula is C17H10Cl3NO5S. The Morgan fingerprint density at radius 2 is 1.74 bits per heavy atom. The van der Waals surface area contributed by atoms with Crippen molar-refractivity contribution in [1.82, 2.24) is 0 Å². The lowest BCUT2D eigenvalue weighted by Crippen LogP contribution is -2.11. The van der Waals surface area contributed by atoms with E-state index in [0.29, 0.717) is 10.7 Å². The second-order valence-corrected chi connectivity index (χ2v) is 8.24. The molecule has 0 atom stereocenters. The lowest BCUT2D eigenvalue weighted by Gasteiger charge is -2.12. The van der Waals surface area contributed by atoms with Crippen LogP contribution in [0.2, 0.25) is 15.1 Å². The quantitative estimate of drug-likeness (QED) is 0.385. The fourth-order valence-electron chi connectivity index (χ4n) is 2.21. The zero-order valence-electron chi connectivity index (χ0n) is 13.6. The van der Waals surface area contributed by atoms with E-state index >= 15 is 0 Å². The van der Waals surface area contributed by atoms with E-state index in [1.54, 1.807) is 6.92 Å². The molecule has 2 aromatic rings. The molecule has 0 radical (unpaired) electrons. The molecule has 0 aliphatic carbocycles. The van der Waals surface area contributed by atoms with E-state index in [2.05, 4.69) is 9.99 Å². The zero-order chi connectivity index (χ0) is 19.8. The molecule has 0 saturated heterocycles. The normalized spacial score (nSPS) is 15.6. The van der Waals surface area contributed by atoms with Gasteiger partial charge in [-0.05, 0) is 49.4 Å². The minimum atomic E-state index is -4.21. The topological polar surface area (TPSA) is 82.0 Å². The number of nitrogens with zero attached hydrogens (tertiary/aromatic N) is 1. The molecule has 0 N–H and O–H groups in total. The number of oxime groups is 1. The molecule has 0 saturated carbocycles. The maximum Gasteiger partial charge on any atom is 0.367 e. The number of halogens is 3. The van der Waals surface area contributed by atoms with Gasteiger partial charge in [0.1, 0.15) is 4.90 Å². The van der Waals surface area contributed by atoms with Crippen LogP contribution >= 0.6 is 34.8 Å². The minimum Gasteiger partial charge on any atom is -0.377 e. The van der Waals surface area contributed by atoms with E-state index in [1.165, 1.54) is 42.5 Å². The van der Waals surface area contributed by atoms with Crippen LogP contribution < -0.4 is 4.18 Å². The van der Waals surface area contributed by atoms with Crippen LogP contribution in [0.4, 0.5) is 0 Å². The first kappa shape index (κ1) is 19.7. The minimum absolute atomic E-state index is 0.0483. The average Bonchev–Trinajstić information content (AvgIpc) is 2.90. The first-order valence-corrected chi connectivity index (χ1v) is 9.89. The van der Waals surface area contributed by atoms with Crippen LogP contribution in [0.25, 0.3) is 6.08 Å². The first-order valence-electron chi connectivity index (χ1n) is 7.34. The van der Waals surface area contributed by atoms with E-state index < -0.39 is 16.1 Å². The highest BCUT2D eigenvalue weighted by Gasteiger charge is 2.25. The molecular weight excluding hydrogens is 437 g/mol. The molecule has 0 unspecified atom stereocenters. The zero-order valence-corrected chi connectivity index (χ0v) is 16.7. The van der Waals surface area contributed by atoms with Gasteiger partial charge in [0, 0.05) is 15.6 Å². The molecule has 0 spiro atoms. The summed E-state index contributed by atoms with van der Waals surface area (Å²) in [6.45, 7) is 1.56. The van der Waals surface area contributed by atoms with Gasteiger partial charge in [0.2, 0.25) is 0 Å². The van der Waals surface area contributed by atoms with Gasteiger partial charge in [0.25, 0.3) is 0 Å². The Kier molecular flexibility index (Phi) is 5.48. The summed E-state index contributed by atoms with van der Waals surface area (Å²) in [4.78, 5) is 16.2. The summed E-state index contributed by atoms with van der Waals surface area (Å²) < 4.78 is 30.4. The standard InChI is InChI=1S/C17H10Cl3NO5S/c1-9-14(17(22)25-21-9)7-10-6-12(19)8-15(20)16(10)26-27(23,24)13-4-2-11(18)3-5-13/h2-8H,1H3/b14-7-. The van der Waals surface area contributed by atoms with E-state index in [4.69, 9.17) is 39.0 Å². The molecule has 140 valence electrons. The van der Waals surface area contributed by atoms with Gasteiger partial charge in [-0.15, -0.1) is 0 Å². The fourth-order valence-corrected chi connectivity index (χ4v) is 3.90. The molecule has 27 heavy (non-hydrogen) atoms. The number of hydrogen-bond acceptors (Lipinski definition) is 6. The SMILES string of the molecule is CC1=NOC(=O)/C1=C\c1cc(Cl)cc(Cl)c1OS(=O)(=O)c1ccc(Cl)cc1. The summed E-state index contributed by atoms with van der Waals surface area (Å²) >= 11 is 17.9. The molecule has 0 aromatic heterocycles. The van der Waals surface area contributed by atoms with Gasteiger partial charge >= 0.3 is 16.1 Å². The summed E-state index contributed by atoms with van der Waals surface area (Å²) in [5.74, 6) is -0.869. The number of carbonyl (C=O) groups excluding carboxylic acids is 1. The summed E-state index contributed by atoms with van der Waals surface area (Å²) in [5, 5.41) is 4.11. The summed E-state index contributed by atoms with van der Waals surface area (Å²) in [6, 6.07) is 8.16. The van der Waals surface area contributed by atoms with Crippen molar-refractivity contribution < 1.29 is 22.2 Å². The molecule has 0 fully saturated rings. The Morgan fingerprint density at radius 1 is 1.07 bits per heavy atom. The third-order valence-corrected chi connectivity index (χ3v) is 5.49. The molecule has 6 nitrogen and oxygen atoms in total. The third kappa shape index (κ3) is 4.27. The van der Waals surface area contributed by atoms with Crippen LogP contribution in [0.5, 0.6) is 5.75 Å². The first-order chi connectivity index (χ1) is 12.7. The van der Waals surface area contributed by atoms with Crippen LogP contribution in [0.3, 0.4) is 0 Å². The van der Waals surface area contributed by atoms with Crippen molar-refractivity contribution in [1.29, 1.82) is 0 Å². The van der Waals surface area contributed by atoms with Crippen molar-refractivity contribution in [3.63, 3.8) is 0 Å². The summed E-state index contributed by atoms with van der Waals surface area (Å²) in [7, 11) is -4.21. The molecule has 0 amide bonds. The molecule has 3 rings (SSSR count). The van der Waals surface area contributed by atoms with Crippen molar-refractivity contribution in [2.24, 2.45) is 5.16 Å². The van der Waals surface area contributed by atoms with Gasteiger partial charge in [0.15, 0.2) is 5.75 Å². The van der Waals surface area contributed by atoms with E-state index in [-0.39, 0.29) is 31.8 Å². The smallest absolute Gasteiger partial charge is 0.367 e. The Morgan fingerprint density at radius 3 is 2.33 bits per heavy atom. The molecule has 2 aromatic carbocycles. The fraction of sp³-hybridized carbons (Fsp3) is 0.0588. The van der Waals surface area contributed by atoms with E-state index in [9.17, 15) is 13.2 Å². The lowest BCUT2D eigenvalue weighted by molar-refractivity contribution is -0.136. The highest BCUT2D eigenvalue weighted by Crippen LogP contribution is 2.36. The number of rotatable bonds is 4. The summed E-state index contributed by atoms with van der Waals surface area (Å²) in [5.41, 5.74) is 0.623. The number of carbonyl (C=O) groups is 1.